The van der Waals surface area contributed by atoms with Crippen LogP contribution in [0.2, 0.25) is 0 Å². The Kier molecular flexibility index (Phi) is 3.70. The lowest BCUT2D eigenvalue weighted by atomic mass is 9.92. The molecule has 2 atom stereocenters. The zero-order valence-corrected chi connectivity index (χ0v) is 15.1. The van der Waals surface area contributed by atoms with Gasteiger partial charge in [0.05, 0.1) is 17.7 Å². The summed E-state index contributed by atoms with van der Waals surface area (Å²) in [4.78, 5) is 22.8. The van der Waals surface area contributed by atoms with Gasteiger partial charge >= 0.3 is 0 Å². The number of carbonyl (C=O) groups excluding carboxylic acids is 1. The minimum absolute atomic E-state index is 0.0566. The molecule has 1 amide bonds. The molecule has 1 N–H and O–H groups in total. The van der Waals surface area contributed by atoms with Crippen molar-refractivity contribution in [3.8, 4) is 11.5 Å². The Bertz CT molecular complexity index is 1030. The van der Waals surface area contributed by atoms with Crippen molar-refractivity contribution in [2.75, 3.05) is 6.54 Å². The summed E-state index contributed by atoms with van der Waals surface area (Å²) < 4.78 is 5.55. The molecule has 3 aromatic rings. The van der Waals surface area contributed by atoms with Crippen LogP contribution in [0.1, 0.15) is 46.1 Å². The number of carbonyl (C=O) groups is 1. The highest BCUT2D eigenvalue weighted by atomic mass is 16.5. The molecular formula is C21H20N4O2. The third-order valence-corrected chi connectivity index (χ3v) is 5.44. The number of piperidine rings is 1. The maximum Gasteiger partial charge on any atom is 0.254 e. The van der Waals surface area contributed by atoms with E-state index in [2.05, 4.69) is 27.3 Å². The third kappa shape index (κ3) is 2.77. The quantitative estimate of drug-likeness (QED) is 0.754. The highest BCUT2D eigenvalue weighted by molar-refractivity contribution is 5.99. The Morgan fingerprint density at radius 3 is 3.00 bits per heavy atom. The van der Waals surface area contributed by atoms with Gasteiger partial charge in [-0.2, -0.15) is 4.98 Å². The van der Waals surface area contributed by atoms with Crippen LogP contribution < -0.4 is 0 Å². The van der Waals surface area contributed by atoms with Gasteiger partial charge in [0.1, 0.15) is 0 Å². The number of rotatable bonds is 2. The number of fused-ring (bicyclic) bond motifs is 2. The fraction of sp³-hybridized carbons (Fsp3) is 0.286. The average Bonchev–Trinajstić information content (AvgIpc) is 3.32. The summed E-state index contributed by atoms with van der Waals surface area (Å²) in [7, 11) is 0. The topological polar surface area (TPSA) is 75.0 Å². The molecule has 0 saturated carbocycles. The maximum atomic E-state index is 13.1. The molecule has 1 aromatic carbocycles. The number of nitrogens with zero attached hydrogens (tertiary/aromatic N) is 3. The SMILES string of the molecule is Cc1c[nH]c(-c2noc([C@@H]3CC[C@@H]4C=Cc5ccccc5C(=O)N4C3)n2)c1. The highest BCUT2D eigenvalue weighted by Crippen LogP contribution is 2.34. The molecule has 5 rings (SSSR count). The number of amides is 1. The molecule has 0 aliphatic carbocycles. The van der Waals surface area contributed by atoms with E-state index >= 15 is 0 Å². The second-order valence-electron chi connectivity index (χ2n) is 7.29. The molecule has 136 valence electrons. The summed E-state index contributed by atoms with van der Waals surface area (Å²) in [6.45, 7) is 2.60. The molecule has 0 spiro atoms. The minimum atomic E-state index is 0.0566. The number of nitrogens with one attached hydrogen (secondary N) is 1. The summed E-state index contributed by atoms with van der Waals surface area (Å²) in [6, 6.07) is 9.87. The smallest absolute Gasteiger partial charge is 0.254 e. The van der Waals surface area contributed by atoms with Crippen LogP contribution in [-0.4, -0.2) is 38.5 Å². The highest BCUT2D eigenvalue weighted by Gasteiger charge is 2.35. The van der Waals surface area contributed by atoms with Crippen molar-refractivity contribution < 1.29 is 9.32 Å². The van der Waals surface area contributed by atoms with Crippen molar-refractivity contribution in [2.45, 2.75) is 31.7 Å². The predicted octanol–water partition coefficient (Wildman–Crippen LogP) is 3.79. The number of aromatic amines is 1. The van der Waals surface area contributed by atoms with Gasteiger partial charge in [0, 0.05) is 18.3 Å². The predicted molar refractivity (Wildman–Crippen MR) is 101 cm³/mol. The van der Waals surface area contributed by atoms with Crippen LogP contribution in [0.5, 0.6) is 0 Å². The Balaban J connectivity index is 1.41. The van der Waals surface area contributed by atoms with Crippen LogP contribution >= 0.6 is 0 Å². The van der Waals surface area contributed by atoms with Gasteiger partial charge in [-0.05, 0) is 43.0 Å². The first-order valence-corrected chi connectivity index (χ1v) is 9.26. The van der Waals surface area contributed by atoms with E-state index in [0.29, 0.717) is 18.3 Å². The Morgan fingerprint density at radius 1 is 1.26 bits per heavy atom. The van der Waals surface area contributed by atoms with Crippen molar-refractivity contribution in [1.29, 1.82) is 0 Å². The monoisotopic (exact) mass is 360 g/mol. The van der Waals surface area contributed by atoms with E-state index in [-0.39, 0.29) is 17.9 Å². The van der Waals surface area contributed by atoms with Crippen LogP contribution in [0.25, 0.3) is 17.6 Å². The fourth-order valence-electron chi connectivity index (χ4n) is 3.98. The summed E-state index contributed by atoms with van der Waals surface area (Å²) in [5.74, 6) is 1.30. The lowest BCUT2D eigenvalue weighted by Gasteiger charge is -2.36. The Labute approximate surface area is 156 Å². The molecule has 4 heterocycles. The van der Waals surface area contributed by atoms with Gasteiger partial charge in [0.2, 0.25) is 11.7 Å². The fourth-order valence-corrected chi connectivity index (χ4v) is 3.98. The molecule has 0 radical (unpaired) electrons. The van der Waals surface area contributed by atoms with Crippen molar-refractivity contribution in [3.05, 3.63) is 65.2 Å². The first-order chi connectivity index (χ1) is 13.2. The molecule has 27 heavy (non-hydrogen) atoms. The molecule has 6 heteroatoms. The largest absolute Gasteiger partial charge is 0.358 e. The van der Waals surface area contributed by atoms with E-state index < -0.39 is 0 Å². The lowest BCUT2D eigenvalue weighted by molar-refractivity contribution is 0.0630. The van der Waals surface area contributed by atoms with E-state index in [1.165, 1.54) is 0 Å². The third-order valence-electron chi connectivity index (χ3n) is 5.44. The molecule has 2 aliphatic heterocycles. The summed E-state index contributed by atoms with van der Waals surface area (Å²) in [5.41, 5.74) is 3.71. The minimum Gasteiger partial charge on any atom is -0.358 e. The van der Waals surface area contributed by atoms with Crippen LogP contribution in [0.4, 0.5) is 0 Å². The van der Waals surface area contributed by atoms with Gasteiger partial charge in [-0.1, -0.05) is 35.5 Å². The molecule has 0 bridgehead atoms. The van der Waals surface area contributed by atoms with Gasteiger partial charge in [-0.15, -0.1) is 0 Å². The molecule has 2 aromatic heterocycles. The first kappa shape index (κ1) is 16.1. The second-order valence-corrected chi connectivity index (χ2v) is 7.29. The second kappa shape index (κ2) is 6.23. The zero-order chi connectivity index (χ0) is 18.4. The van der Waals surface area contributed by atoms with E-state index in [1.54, 1.807) is 0 Å². The Morgan fingerprint density at radius 2 is 2.15 bits per heavy atom. The van der Waals surface area contributed by atoms with Crippen LogP contribution in [0, 0.1) is 6.92 Å². The van der Waals surface area contributed by atoms with Crippen molar-refractivity contribution in [2.24, 2.45) is 0 Å². The maximum absolute atomic E-state index is 13.1. The van der Waals surface area contributed by atoms with E-state index in [1.807, 2.05) is 48.4 Å². The van der Waals surface area contributed by atoms with Crippen LogP contribution in [-0.2, 0) is 0 Å². The van der Waals surface area contributed by atoms with Gasteiger partial charge in [0.25, 0.3) is 5.91 Å². The molecule has 6 nitrogen and oxygen atoms in total. The molecule has 1 saturated heterocycles. The van der Waals surface area contributed by atoms with Gasteiger partial charge in [0.15, 0.2) is 0 Å². The van der Waals surface area contributed by atoms with Crippen LogP contribution in [0.15, 0.2) is 47.1 Å². The lowest BCUT2D eigenvalue weighted by Crippen LogP contribution is -2.45. The Hall–Kier alpha value is -3.15. The van der Waals surface area contributed by atoms with Gasteiger partial charge in [-0.3, -0.25) is 4.79 Å². The number of hydrogen-bond acceptors (Lipinski definition) is 4. The first-order valence-electron chi connectivity index (χ1n) is 9.26. The normalized spacial score (nSPS) is 21.7. The molecule has 1 fully saturated rings. The molecule has 0 unspecified atom stereocenters. The van der Waals surface area contributed by atoms with Gasteiger partial charge < -0.3 is 14.4 Å². The van der Waals surface area contributed by atoms with E-state index in [0.717, 1.165) is 35.2 Å². The number of benzene rings is 1. The number of hydrogen-bond donors (Lipinski definition) is 1. The molecule has 2 aliphatic rings. The number of aryl methyl sites for hydroxylation is 1. The van der Waals surface area contributed by atoms with Crippen molar-refractivity contribution in [1.82, 2.24) is 20.0 Å². The molecular weight excluding hydrogens is 340 g/mol. The summed E-state index contributed by atoms with van der Waals surface area (Å²) in [5, 5.41) is 4.12. The van der Waals surface area contributed by atoms with Crippen LogP contribution in [0.3, 0.4) is 0 Å². The van der Waals surface area contributed by atoms with E-state index in [4.69, 9.17) is 4.52 Å². The van der Waals surface area contributed by atoms with E-state index in [9.17, 15) is 4.79 Å². The summed E-state index contributed by atoms with van der Waals surface area (Å²) in [6.07, 6.45) is 7.93. The van der Waals surface area contributed by atoms with Crippen molar-refractivity contribution in [3.63, 3.8) is 0 Å². The van der Waals surface area contributed by atoms with Gasteiger partial charge in [-0.25, -0.2) is 0 Å². The number of aromatic nitrogens is 3. The number of H-pyrrole nitrogens is 1. The zero-order valence-electron chi connectivity index (χ0n) is 15.1. The summed E-state index contributed by atoms with van der Waals surface area (Å²) >= 11 is 0. The standard InChI is InChI=1S/C21H20N4O2/c1-13-10-18(22-11-13)19-23-20(27-24-19)15-7-9-16-8-6-14-4-2-3-5-17(14)21(26)25(16)12-15/h2-6,8,10-11,15-16,22H,7,9,12H2,1H3/t15-,16+/m1/s1. The average molecular weight is 360 g/mol. The van der Waals surface area contributed by atoms with Crippen molar-refractivity contribution >= 4 is 12.0 Å².